The van der Waals surface area contributed by atoms with E-state index in [-0.39, 0.29) is 5.91 Å². The van der Waals surface area contributed by atoms with Crippen molar-refractivity contribution in [1.29, 1.82) is 0 Å². The molecule has 0 aliphatic rings. The summed E-state index contributed by atoms with van der Waals surface area (Å²) >= 11 is 6.04. The highest BCUT2D eigenvalue weighted by atomic mass is 35.5. The van der Waals surface area contributed by atoms with E-state index >= 15 is 0 Å². The maximum atomic E-state index is 12.7. The predicted molar refractivity (Wildman–Crippen MR) is 112 cm³/mol. The molecule has 0 aliphatic carbocycles. The minimum absolute atomic E-state index is 0.203. The zero-order chi connectivity index (χ0) is 19.2. The monoisotopic (exact) mass is 379 g/mol. The molecule has 0 unspecified atom stereocenters. The number of hydrogen-bond donors (Lipinski definition) is 1. The van der Waals surface area contributed by atoms with E-state index in [1.54, 1.807) is 24.5 Å². The van der Waals surface area contributed by atoms with Crippen LogP contribution in [0.4, 0.5) is 11.4 Å². The number of pyridine rings is 1. The fraction of sp³-hybridized carbons (Fsp3) is 0.182. The zero-order valence-electron chi connectivity index (χ0n) is 15.4. The second kappa shape index (κ2) is 8.69. The Bertz CT molecular complexity index is 928. The van der Waals surface area contributed by atoms with Crippen molar-refractivity contribution < 1.29 is 4.79 Å². The minimum atomic E-state index is -0.203. The highest BCUT2D eigenvalue weighted by Crippen LogP contribution is 2.22. The molecule has 1 aromatic heterocycles. The summed E-state index contributed by atoms with van der Waals surface area (Å²) < 4.78 is 0. The van der Waals surface area contributed by atoms with Crippen LogP contribution in [-0.2, 0) is 6.54 Å². The average Bonchev–Trinajstić information content (AvgIpc) is 2.69. The van der Waals surface area contributed by atoms with Crippen LogP contribution < -0.4 is 10.2 Å². The number of aromatic nitrogens is 1. The normalized spacial score (nSPS) is 10.5. The first-order valence-electron chi connectivity index (χ1n) is 8.88. The van der Waals surface area contributed by atoms with Crippen molar-refractivity contribution in [3.8, 4) is 0 Å². The topological polar surface area (TPSA) is 45.2 Å². The summed E-state index contributed by atoms with van der Waals surface area (Å²) in [4.78, 5) is 19.1. The van der Waals surface area contributed by atoms with Crippen molar-refractivity contribution in [3.05, 3.63) is 88.7 Å². The Labute approximate surface area is 164 Å². The predicted octanol–water partition coefficient (Wildman–Crippen LogP) is 5.32. The number of nitrogens with zero attached hydrogens (tertiary/aromatic N) is 2. The van der Waals surface area contributed by atoms with Crippen molar-refractivity contribution in [3.63, 3.8) is 0 Å². The summed E-state index contributed by atoms with van der Waals surface area (Å²) in [6.07, 6.45) is 3.36. The van der Waals surface area contributed by atoms with Crippen LogP contribution in [0.25, 0.3) is 0 Å². The smallest absolute Gasteiger partial charge is 0.257 e. The summed E-state index contributed by atoms with van der Waals surface area (Å²) in [6.45, 7) is 5.59. The number of carbonyl (C=O) groups is 1. The highest BCUT2D eigenvalue weighted by molar-refractivity contribution is 6.31. The van der Waals surface area contributed by atoms with E-state index < -0.39 is 0 Å². The Kier molecular flexibility index (Phi) is 6.09. The molecule has 0 radical (unpaired) electrons. The van der Waals surface area contributed by atoms with Gasteiger partial charge in [-0.15, -0.1) is 0 Å². The number of amides is 1. The van der Waals surface area contributed by atoms with Gasteiger partial charge in [-0.05, 0) is 43.2 Å². The van der Waals surface area contributed by atoms with Crippen molar-refractivity contribution >= 4 is 28.9 Å². The third-order valence-electron chi connectivity index (χ3n) is 4.40. The van der Waals surface area contributed by atoms with Gasteiger partial charge in [0, 0.05) is 30.0 Å². The lowest BCUT2D eigenvalue weighted by Crippen LogP contribution is -2.23. The average molecular weight is 380 g/mol. The van der Waals surface area contributed by atoms with E-state index in [2.05, 4.69) is 34.3 Å². The van der Waals surface area contributed by atoms with E-state index in [9.17, 15) is 4.79 Å². The largest absolute Gasteiger partial charge is 0.366 e. The first kappa shape index (κ1) is 18.9. The van der Waals surface area contributed by atoms with Crippen LogP contribution in [-0.4, -0.2) is 17.4 Å². The Hall–Kier alpha value is -2.85. The Morgan fingerprint density at radius 1 is 1.11 bits per heavy atom. The molecule has 138 valence electrons. The molecule has 0 spiro atoms. The summed E-state index contributed by atoms with van der Waals surface area (Å²) in [5, 5.41) is 3.51. The van der Waals surface area contributed by atoms with E-state index in [1.807, 2.05) is 37.3 Å². The van der Waals surface area contributed by atoms with Crippen molar-refractivity contribution in [1.82, 2.24) is 4.98 Å². The van der Waals surface area contributed by atoms with Crippen molar-refractivity contribution in [2.24, 2.45) is 0 Å². The molecule has 0 bridgehead atoms. The quantitative estimate of drug-likeness (QED) is 0.630. The molecule has 0 fully saturated rings. The van der Waals surface area contributed by atoms with Gasteiger partial charge >= 0.3 is 0 Å². The Morgan fingerprint density at radius 3 is 2.63 bits per heavy atom. The van der Waals surface area contributed by atoms with E-state index in [0.29, 0.717) is 16.3 Å². The van der Waals surface area contributed by atoms with E-state index in [1.165, 1.54) is 5.56 Å². The minimum Gasteiger partial charge on any atom is -0.366 e. The summed E-state index contributed by atoms with van der Waals surface area (Å²) in [6, 6.07) is 17.5. The number of halogens is 1. The summed E-state index contributed by atoms with van der Waals surface area (Å²) in [7, 11) is 0. The lowest BCUT2D eigenvalue weighted by atomic mass is 10.1. The second-order valence-corrected chi connectivity index (χ2v) is 6.78. The van der Waals surface area contributed by atoms with Gasteiger partial charge in [0.15, 0.2) is 0 Å². The van der Waals surface area contributed by atoms with Crippen LogP contribution in [0.1, 0.15) is 28.4 Å². The molecule has 1 heterocycles. The fourth-order valence-electron chi connectivity index (χ4n) is 2.84. The third kappa shape index (κ3) is 4.86. The lowest BCUT2D eigenvalue weighted by molar-refractivity contribution is 0.102. The molecule has 3 rings (SSSR count). The summed E-state index contributed by atoms with van der Waals surface area (Å²) in [5.74, 6) is -0.203. The molecule has 5 heteroatoms. The van der Waals surface area contributed by atoms with Crippen molar-refractivity contribution in [2.45, 2.75) is 20.4 Å². The van der Waals surface area contributed by atoms with Gasteiger partial charge in [0.05, 0.1) is 17.4 Å². The fourth-order valence-corrected chi connectivity index (χ4v) is 3.01. The number of nitrogens with one attached hydrogen (secondary N) is 1. The lowest BCUT2D eigenvalue weighted by Gasteiger charge is -2.23. The van der Waals surface area contributed by atoms with Gasteiger partial charge in [-0.2, -0.15) is 0 Å². The van der Waals surface area contributed by atoms with Crippen LogP contribution in [0.3, 0.4) is 0 Å². The van der Waals surface area contributed by atoms with Gasteiger partial charge < -0.3 is 10.2 Å². The first-order valence-corrected chi connectivity index (χ1v) is 9.26. The Balaban J connectivity index is 1.79. The second-order valence-electron chi connectivity index (χ2n) is 6.34. The molecule has 0 aliphatic heterocycles. The molecule has 0 atom stereocenters. The van der Waals surface area contributed by atoms with Crippen LogP contribution in [0, 0.1) is 6.92 Å². The molecule has 0 saturated carbocycles. The van der Waals surface area contributed by atoms with Gasteiger partial charge in [-0.25, -0.2) is 0 Å². The van der Waals surface area contributed by atoms with Gasteiger partial charge in [0.2, 0.25) is 0 Å². The van der Waals surface area contributed by atoms with Crippen LogP contribution in [0.15, 0.2) is 67.0 Å². The molecule has 1 amide bonds. The van der Waals surface area contributed by atoms with E-state index in [0.717, 1.165) is 24.3 Å². The molecular formula is C22H22ClN3O. The third-order valence-corrected chi connectivity index (χ3v) is 4.63. The zero-order valence-corrected chi connectivity index (χ0v) is 16.2. The number of anilines is 2. The number of benzene rings is 2. The molecule has 0 saturated heterocycles. The molecule has 3 aromatic rings. The molecule has 1 N–H and O–H groups in total. The van der Waals surface area contributed by atoms with Gasteiger partial charge in [-0.3, -0.25) is 9.78 Å². The molecule has 27 heavy (non-hydrogen) atoms. The van der Waals surface area contributed by atoms with E-state index in [4.69, 9.17) is 11.6 Å². The van der Waals surface area contributed by atoms with Crippen LogP contribution >= 0.6 is 11.6 Å². The van der Waals surface area contributed by atoms with Crippen LogP contribution in [0.5, 0.6) is 0 Å². The maximum Gasteiger partial charge on any atom is 0.257 e. The van der Waals surface area contributed by atoms with Gasteiger partial charge in [-0.1, -0.05) is 48.0 Å². The SMILES string of the molecule is CCN(Cc1ccccc1)c1cncc(C(=O)Nc2cc(Cl)ccc2C)c1. The van der Waals surface area contributed by atoms with Gasteiger partial charge in [0.25, 0.3) is 5.91 Å². The Morgan fingerprint density at radius 2 is 1.89 bits per heavy atom. The van der Waals surface area contributed by atoms with Crippen LogP contribution in [0.2, 0.25) is 5.02 Å². The molecule has 4 nitrogen and oxygen atoms in total. The van der Waals surface area contributed by atoms with Crippen molar-refractivity contribution in [2.75, 3.05) is 16.8 Å². The molecule has 2 aromatic carbocycles. The maximum absolute atomic E-state index is 12.7. The van der Waals surface area contributed by atoms with Gasteiger partial charge in [0.1, 0.15) is 0 Å². The number of aryl methyl sites for hydroxylation is 1. The number of hydrogen-bond acceptors (Lipinski definition) is 3. The standard InChI is InChI=1S/C22H22ClN3O/c1-3-26(15-17-7-5-4-6-8-17)20-11-18(13-24-14-20)22(27)25-21-12-19(23)10-9-16(21)2/h4-14H,3,15H2,1-2H3,(H,25,27). The number of rotatable bonds is 6. The number of carbonyl (C=O) groups excluding carboxylic acids is 1. The molecular weight excluding hydrogens is 358 g/mol. The summed E-state index contributed by atoms with van der Waals surface area (Å²) in [5.41, 5.74) is 4.30. The first-order chi connectivity index (χ1) is 13.1. The highest BCUT2D eigenvalue weighted by Gasteiger charge is 2.12.